The second kappa shape index (κ2) is 7.32. The molecule has 1 aromatic rings. The van der Waals surface area contributed by atoms with Gasteiger partial charge in [0.25, 0.3) is 0 Å². The van der Waals surface area contributed by atoms with Crippen LogP contribution in [0.1, 0.15) is 38.8 Å². The summed E-state index contributed by atoms with van der Waals surface area (Å²) >= 11 is 0. The Balaban J connectivity index is 0.000000187. The van der Waals surface area contributed by atoms with Crippen LogP contribution in [-0.4, -0.2) is 10.2 Å². The van der Waals surface area contributed by atoms with E-state index in [1.807, 2.05) is 13.0 Å². The minimum Gasteiger partial charge on any atom is -0.283 e. The number of aromatic nitrogens is 2. The zero-order valence-electron chi connectivity index (χ0n) is 7.72. The molecule has 2 heteroatoms. The average molecular weight is 154 g/mol. The first-order valence-corrected chi connectivity index (χ1v) is 4.27. The molecule has 0 aliphatic rings. The fourth-order valence-electron chi connectivity index (χ4n) is 0.679. The molecule has 1 rings (SSSR count). The van der Waals surface area contributed by atoms with Gasteiger partial charge in [0.2, 0.25) is 0 Å². The highest BCUT2D eigenvalue weighted by atomic mass is 15.1. The number of unbranched alkanes of at least 4 members (excludes halogenated alkanes) is 2. The quantitative estimate of drug-likeness (QED) is 0.697. The van der Waals surface area contributed by atoms with Crippen LogP contribution < -0.4 is 0 Å². The van der Waals surface area contributed by atoms with Crippen molar-refractivity contribution < 1.29 is 0 Å². The molecule has 0 aromatic carbocycles. The van der Waals surface area contributed by atoms with E-state index >= 15 is 0 Å². The highest BCUT2D eigenvalue weighted by molar-refractivity contribution is 4.91. The third-order valence-corrected chi connectivity index (χ3v) is 1.35. The molecule has 0 unspecified atom stereocenters. The van der Waals surface area contributed by atoms with Gasteiger partial charge in [0.15, 0.2) is 0 Å². The smallest absolute Gasteiger partial charge is 0.0489 e. The van der Waals surface area contributed by atoms with E-state index in [9.17, 15) is 0 Å². The topological polar surface area (TPSA) is 28.7 Å². The van der Waals surface area contributed by atoms with E-state index in [1.165, 1.54) is 19.3 Å². The molecule has 0 saturated carbocycles. The summed E-state index contributed by atoms with van der Waals surface area (Å²) in [7, 11) is 0. The Labute approximate surface area is 69.0 Å². The maximum atomic E-state index is 3.70. The van der Waals surface area contributed by atoms with Crippen molar-refractivity contribution in [1.29, 1.82) is 0 Å². The molecule has 11 heavy (non-hydrogen) atoms. The van der Waals surface area contributed by atoms with Crippen LogP contribution in [0.5, 0.6) is 0 Å². The monoisotopic (exact) mass is 154 g/mol. The van der Waals surface area contributed by atoms with Gasteiger partial charge in [-0.25, -0.2) is 0 Å². The standard InChI is InChI=1S/C5H12.C4H6N2/c1-3-5-4-2;1-4-2-3-5-6-4/h3-5H2,1-2H3;2-3H,1H3,(H,5,6). The van der Waals surface area contributed by atoms with Crippen LogP contribution in [0.4, 0.5) is 0 Å². The van der Waals surface area contributed by atoms with Crippen LogP contribution in [0.2, 0.25) is 0 Å². The van der Waals surface area contributed by atoms with Crippen LogP contribution in [0, 0.1) is 6.92 Å². The van der Waals surface area contributed by atoms with Gasteiger partial charge in [-0.1, -0.05) is 33.1 Å². The third kappa shape index (κ3) is 7.10. The molecule has 1 aromatic heterocycles. The fourth-order valence-corrected chi connectivity index (χ4v) is 0.679. The van der Waals surface area contributed by atoms with Crippen molar-refractivity contribution in [3.63, 3.8) is 0 Å². The Bertz CT molecular complexity index is 143. The van der Waals surface area contributed by atoms with Crippen molar-refractivity contribution in [2.24, 2.45) is 0 Å². The Morgan fingerprint density at radius 2 is 2.00 bits per heavy atom. The van der Waals surface area contributed by atoms with Crippen molar-refractivity contribution in [1.82, 2.24) is 10.2 Å². The molecular weight excluding hydrogens is 136 g/mol. The summed E-state index contributed by atoms with van der Waals surface area (Å²) in [5.41, 5.74) is 1.11. The number of nitrogens with zero attached hydrogens (tertiary/aromatic N) is 1. The third-order valence-electron chi connectivity index (χ3n) is 1.35. The van der Waals surface area contributed by atoms with Crippen molar-refractivity contribution >= 4 is 0 Å². The molecule has 0 radical (unpaired) electrons. The van der Waals surface area contributed by atoms with Gasteiger partial charge in [-0.15, -0.1) is 0 Å². The van der Waals surface area contributed by atoms with Gasteiger partial charge in [0, 0.05) is 11.9 Å². The van der Waals surface area contributed by atoms with Gasteiger partial charge in [0.05, 0.1) is 0 Å². The van der Waals surface area contributed by atoms with E-state index in [0.717, 1.165) is 5.69 Å². The summed E-state index contributed by atoms with van der Waals surface area (Å²) in [5.74, 6) is 0. The Hall–Kier alpha value is -0.790. The first kappa shape index (κ1) is 10.2. The molecule has 0 aliphatic heterocycles. The van der Waals surface area contributed by atoms with E-state index in [-0.39, 0.29) is 0 Å². The van der Waals surface area contributed by atoms with Crippen molar-refractivity contribution in [2.75, 3.05) is 0 Å². The average Bonchev–Trinajstić information content (AvgIpc) is 2.43. The second-order valence-corrected chi connectivity index (χ2v) is 2.59. The highest BCUT2D eigenvalue weighted by Crippen LogP contribution is 1.88. The van der Waals surface area contributed by atoms with Gasteiger partial charge >= 0.3 is 0 Å². The summed E-state index contributed by atoms with van der Waals surface area (Å²) in [6.45, 7) is 6.39. The largest absolute Gasteiger partial charge is 0.283 e. The first-order chi connectivity index (χ1) is 5.31. The number of hydrogen-bond donors (Lipinski definition) is 1. The van der Waals surface area contributed by atoms with Crippen molar-refractivity contribution in [3.8, 4) is 0 Å². The maximum absolute atomic E-state index is 3.70. The molecule has 0 bridgehead atoms. The SMILES string of the molecule is CCCCC.Cc1ccn[nH]1. The van der Waals surface area contributed by atoms with Crippen LogP contribution in [-0.2, 0) is 0 Å². The lowest BCUT2D eigenvalue weighted by Gasteiger charge is -1.79. The fraction of sp³-hybridized carbons (Fsp3) is 0.667. The molecule has 64 valence electrons. The predicted molar refractivity (Wildman–Crippen MR) is 48.5 cm³/mol. The van der Waals surface area contributed by atoms with Gasteiger partial charge in [-0.2, -0.15) is 5.10 Å². The summed E-state index contributed by atoms with van der Waals surface area (Å²) in [6.07, 6.45) is 5.81. The molecule has 2 nitrogen and oxygen atoms in total. The van der Waals surface area contributed by atoms with E-state index in [1.54, 1.807) is 6.20 Å². The highest BCUT2D eigenvalue weighted by Gasteiger charge is 1.73. The van der Waals surface area contributed by atoms with E-state index in [0.29, 0.717) is 0 Å². The van der Waals surface area contributed by atoms with E-state index < -0.39 is 0 Å². The van der Waals surface area contributed by atoms with Gasteiger partial charge in [-0.3, -0.25) is 5.10 Å². The number of H-pyrrole nitrogens is 1. The van der Waals surface area contributed by atoms with Crippen LogP contribution >= 0.6 is 0 Å². The lowest BCUT2D eigenvalue weighted by atomic mass is 10.3. The van der Waals surface area contributed by atoms with Crippen LogP contribution in [0.25, 0.3) is 0 Å². The van der Waals surface area contributed by atoms with E-state index in [4.69, 9.17) is 0 Å². The summed E-state index contributed by atoms with van der Waals surface area (Å²) in [6, 6.07) is 1.92. The molecule has 0 amide bonds. The van der Waals surface area contributed by atoms with E-state index in [2.05, 4.69) is 24.0 Å². The maximum Gasteiger partial charge on any atom is 0.0489 e. The number of aryl methyl sites for hydroxylation is 1. The lowest BCUT2D eigenvalue weighted by molar-refractivity contribution is 0.772. The van der Waals surface area contributed by atoms with Crippen LogP contribution in [0.3, 0.4) is 0 Å². The minimum absolute atomic E-state index is 1.11. The van der Waals surface area contributed by atoms with Gasteiger partial charge < -0.3 is 0 Å². The van der Waals surface area contributed by atoms with Gasteiger partial charge in [0.1, 0.15) is 0 Å². The second-order valence-electron chi connectivity index (χ2n) is 2.59. The predicted octanol–water partition coefficient (Wildman–Crippen LogP) is 2.91. The number of nitrogens with one attached hydrogen (secondary N) is 1. The normalized spacial score (nSPS) is 8.64. The molecule has 0 saturated heterocycles. The zero-order chi connectivity index (χ0) is 8.53. The molecule has 0 fully saturated rings. The van der Waals surface area contributed by atoms with Crippen molar-refractivity contribution in [3.05, 3.63) is 18.0 Å². The number of rotatable bonds is 2. The Kier molecular flexibility index (Phi) is 6.79. The zero-order valence-corrected chi connectivity index (χ0v) is 7.72. The van der Waals surface area contributed by atoms with Crippen molar-refractivity contribution in [2.45, 2.75) is 40.0 Å². The molecular formula is C9H18N2. The lowest BCUT2D eigenvalue weighted by Crippen LogP contribution is -1.65. The van der Waals surface area contributed by atoms with Gasteiger partial charge in [-0.05, 0) is 13.0 Å². The molecule has 1 heterocycles. The Morgan fingerprint density at radius 3 is 2.09 bits per heavy atom. The Morgan fingerprint density at radius 1 is 1.36 bits per heavy atom. The summed E-state index contributed by atoms with van der Waals surface area (Å²) < 4.78 is 0. The summed E-state index contributed by atoms with van der Waals surface area (Å²) in [4.78, 5) is 0. The minimum atomic E-state index is 1.11. The summed E-state index contributed by atoms with van der Waals surface area (Å²) in [5, 5.41) is 6.45. The number of hydrogen-bond acceptors (Lipinski definition) is 1. The van der Waals surface area contributed by atoms with Crippen LogP contribution in [0.15, 0.2) is 12.3 Å². The molecule has 1 N–H and O–H groups in total. The number of aromatic amines is 1. The first-order valence-electron chi connectivity index (χ1n) is 4.27. The molecule has 0 aliphatic carbocycles. The molecule has 0 atom stereocenters. The molecule has 0 spiro atoms.